The van der Waals surface area contributed by atoms with Gasteiger partial charge in [-0.2, -0.15) is 13.2 Å². The number of alkyl halides is 3. The van der Waals surface area contributed by atoms with E-state index in [1.807, 2.05) is 24.3 Å². The van der Waals surface area contributed by atoms with Gasteiger partial charge in [0.15, 0.2) is 10.8 Å². The Balaban J connectivity index is 1.68. The minimum absolute atomic E-state index is 0.0187. The number of benzene rings is 2. The highest BCUT2D eigenvalue weighted by Gasteiger charge is 2.38. The van der Waals surface area contributed by atoms with E-state index in [9.17, 15) is 18.0 Å². The average Bonchev–Trinajstić information content (AvgIpc) is 3.28. The number of hydrogen-bond donors (Lipinski definition) is 2. The van der Waals surface area contributed by atoms with Crippen LogP contribution in [0.4, 0.5) is 24.0 Å². The van der Waals surface area contributed by atoms with Crippen LogP contribution in [0, 0.1) is 0 Å². The first-order chi connectivity index (χ1) is 17.9. The van der Waals surface area contributed by atoms with E-state index in [0.717, 1.165) is 16.9 Å². The first kappa shape index (κ1) is 27.1. The molecular weight excluding hydrogens is 515 g/mol. The summed E-state index contributed by atoms with van der Waals surface area (Å²) in [4.78, 5) is 19.0. The SMILES string of the molecule is CC(C)(C)c1ccccc1Oc1ncccc1Nc1nc(C(F)(F)F)c(-c2cccc(CCC(=O)O)c2)s1. The van der Waals surface area contributed by atoms with Crippen molar-refractivity contribution in [2.24, 2.45) is 0 Å². The molecule has 198 valence electrons. The van der Waals surface area contributed by atoms with Crippen LogP contribution < -0.4 is 10.1 Å². The summed E-state index contributed by atoms with van der Waals surface area (Å²) in [5.41, 5.74) is 1.03. The number of carbonyl (C=O) groups is 1. The predicted molar refractivity (Wildman–Crippen MR) is 141 cm³/mol. The molecule has 0 amide bonds. The number of hydrogen-bond acceptors (Lipinski definition) is 6. The van der Waals surface area contributed by atoms with Crippen molar-refractivity contribution in [1.82, 2.24) is 9.97 Å². The number of nitrogens with zero attached hydrogens (tertiary/aromatic N) is 2. The number of halogens is 3. The van der Waals surface area contributed by atoms with Gasteiger partial charge in [-0.15, -0.1) is 0 Å². The minimum atomic E-state index is -4.69. The van der Waals surface area contributed by atoms with Crippen molar-refractivity contribution in [1.29, 1.82) is 0 Å². The van der Waals surface area contributed by atoms with Crippen LogP contribution in [0.15, 0.2) is 66.9 Å². The standard InChI is InChI=1S/C28H26F3N3O3S/c1-27(2,3)19-10-4-5-12-21(19)37-25-20(11-7-15-32-25)33-26-34-24(28(29,30)31)23(38-26)18-9-6-8-17(16-18)13-14-22(35)36/h4-12,15-16H,13-14H2,1-3H3,(H,33,34)(H,35,36). The number of aromatic nitrogens is 2. The summed E-state index contributed by atoms with van der Waals surface area (Å²) in [7, 11) is 0. The summed E-state index contributed by atoms with van der Waals surface area (Å²) in [5.74, 6) is -0.184. The highest BCUT2D eigenvalue weighted by atomic mass is 32.1. The third-order valence-electron chi connectivity index (χ3n) is 5.63. The molecule has 0 aliphatic heterocycles. The van der Waals surface area contributed by atoms with Crippen LogP contribution in [0.2, 0.25) is 0 Å². The molecule has 4 rings (SSSR count). The Morgan fingerprint density at radius 3 is 2.53 bits per heavy atom. The normalized spacial score (nSPS) is 11.8. The van der Waals surface area contributed by atoms with E-state index in [1.165, 1.54) is 6.20 Å². The van der Waals surface area contributed by atoms with Gasteiger partial charge in [-0.05, 0) is 41.2 Å². The molecule has 0 aliphatic rings. The van der Waals surface area contributed by atoms with Gasteiger partial charge >= 0.3 is 12.1 Å². The molecule has 0 atom stereocenters. The van der Waals surface area contributed by atoms with E-state index < -0.39 is 17.8 Å². The molecule has 0 radical (unpaired) electrons. The first-order valence-corrected chi connectivity index (χ1v) is 12.6. The van der Waals surface area contributed by atoms with Crippen LogP contribution in [-0.4, -0.2) is 21.0 Å². The maximum absolute atomic E-state index is 14.0. The number of aryl methyl sites for hydroxylation is 1. The van der Waals surface area contributed by atoms with Gasteiger partial charge in [0, 0.05) is 18.2 Å². The van der Waals surface area contributed by atoms with Crippen molar-refractivity contribution >= 4 is 28.1 Å². The minimum Gasteiger partial charge on any atom is -0.481 e. The monoisotopic (exact) mass is 541 g/mol. The summed E-state index contributed by atoms with van der Waals surface area (Å²) in [6.07, 6.45) is -3.06. The molecule has 2 heterocycles. The van der Waals surface area contributed by atoms with E-state index >= 15 is 0 Å². The summed E-state index contributed by atoms with van der Waals surface area (Å²) >= 11 is 0.848. The van der Waals surface area contributed by atoms with Gasteiger partial charge in [-0.1, -0.05) is 74.6 Å². The van der Waals surface area contributed by atoms with Crippen LogP contribution in [0.3, 0.4) is 0 Å². The van der Waals surface area contributed by atoms with Gasteiger partial charge in [0.2, 0.25) is 5.88 Å². The lowest BCUT2D eigenvalue weighted by atomic mass is 9.86. The molecule has 6 nitrogen and oxygen atoms in total. The maximum Gasteiger partial charge on any atom is 0.434 e. The Bertz CT molecular complexity index is 1450. The molecular formula is C28H26F3N3O3S. The number of thiazole rings is 1. The number of carboxylic acids is 1. The zero-order chi connectivity index (χ0) is 27.5. The number of anilines is 2. The van der Waals surface area contributed by atoms with Crippen LogP contribution in [0.25, 0.3) is 10.4 Å². The number of pyridine rings is 1. The summed E-state index contributed by atoms with van der Waals surface area (Å²) < 4.78 is 48.0. The Kier molecular flexibility index (Phi) is 7.73. The molecule has 2 N–H and O–H groups in total. The molecule has 4 aromatic rings. The topological polar surface area (TPSA) is 84.3 Å². The number of ether oxygens (including phenoxy) is 1. The predicted octanol–water partition coefficient (Wildman–Crippen LogP) is 8.07. The summed E-state index contributed by atoms with van der Waals surface area (Å²) in [6, 6.07) is 17.3. The van der Waals surface area contributed by atoms with Crippen molar-refractivity contribution in [2.75, 3.05) is 5.32 Å². The highest BCUT2D eigenvalue weighted by Crippen LogP contribution is 2.44. The number of carboxylic acid groups (broad SMARTS) is 1. The molecule has 10 heteroatoms. The van der Waals surface area contributed by atoms with Gasteiger partial charge in [-0.25, -0.2) is 9.97 Å². The highest BCUT2D eigenvalue weighted by molar-refractivity contribution is 7.19. The van der Waals surface area contributed by atoms with Crippen LogP contribution in [-0.2, 0) is 22.8 Å². The molecule has 2 aromatic heterocycles. The average molecular weight is 542 g/mol. The summed E-state index contributed by atoms with van der Waals surface area (Å²) in [6.45, 7) is 6.16. The molecule has 38 heavy (non-hydrogen) atoms. The third-order valence-corrected chi connectivity index (χ3v) is 6.65. The Labute approximate surface area is 222 Å². The Morgan fingerprint density at radius 2 is 1.82 bits per heavy atom. The second kappa shape index (κ2) is 10.8. The van der Waals surface area contributed by atoms with Gasteiger partial charge < -0.3 is 15.2 Å². The van der Waals surface area contributed by atoms with Crippen LogP contribution in [0.5, 0.6) is 11.6 Å². The Morgan fingerprint density at radius 1 is 1.05 bits per heavy atom. The molecule has 0 unspecified atom stereocenters. The Hall–Kier alpha value is -3.92. The second-order valence-corrected chi connectivity index (χ2v) is 10.6. The van der Waals surface area contributed by atoms with Crippen LogP contribution >= 0.6 is 11.3 Å². The van der Waals surface area contributed by atoms with Crippen molar-refractivity contribution < 1.29 is 27.8 Å². The summed E-state index contributed by atoms with van der Waals surface area (Å²) in [5, 5.41) is 11.9. The number of rotatable bonds is 8. The van der Waals surface area contributed by atoms with Crippen molar-refractivity contribution in [3.05, 3.63) is 83.7 Å². The van der Waals surface area contributed by atoms with Gasteiger partial charge in [0.25, 0.3) is 0 Å². The van der Waals surface area contributed by atoms with Crippen LogP contribution in [0.1, 0.15) is 44.0 Å². The fourth-order valence-electron chi connectivity index (χ4n) is 3.84. The molecule has 0 fully saturated rings. The molecule has 0 saturated carbocycles. The van der Waals surface area contributed by atoms with Crippen molar-refractivity contribution in [3.8, 4) is 22.1 Å². The number of nitrogens with one attached hydrogen (secondary N) is 1. The van der Waals surface area contributed by atoms with Crippen molar-refractivity contribution in [3.63, 3.8) is 0 Å². The van der Waals surface area contributed by atoms with E-state index in [2.05, 4.69) is 36.1 Å². The van der Waals surface area contributed by atoms with E-state index in [4.69, 9.17) is 9.84 Å². The first-order valence-electron chi connectivity index (χ1n) is 11.8. The lowest BCUT2D eigenvalue weighted by molar-refractivity contribution is -0.140. The maximum atomic E-state index is 14.0. The van der Waals surface area contributed by atoms with Gasteiger partial charge in [0.1, 0.15) is 11.4 Å². The van der Waals surface area contributed by atoms with E-state index in [0.29, 0.717) is 22.6 Å². The smallest absolute Gasteiger partial charge is 0.434 e. The largest absolute Gasteiger partial charge is 0.481 e. The number of aliphatic carboxylic acids is 1. The zero-order valence-electron chi connectivity index (χ0n) is 21.0. The second-order valence-electron chi connectivity index (χ2n) is 9.62. The number of para-hydroxylation sites is 1. The molecule has 2 aromatic carbocycles. The molecule has 0 spiro atoms. The fraction of sp³-hybridized carbons (Fsp3) is 0.250. The lowest BCUT2D eigenvalue weighted by Crippen LogP contribution is -2.12. The third kappa shape index (κ3) is 6.49. The van der Waals surface area contributed by atoms with Crippen molar-refractivity contribution in [2.45, 2.75) is 45.2 Å². The van der Waals surface area contributed by atoms with Gasteiger partial charge in [0.05, 0.1) is 4.88 Å². The molecule has 0 saturated heterocycles. The zero-order valence-corrected chi connectivity index (χ0v) is 21.8. The lowest BCUT2D eigenvalue weighted by Gasteiger charge is -2.22. The van der Waals surface area contributed by atoms with Gasteiger partial charge in [-0.3, -0.25) is 4.79 Å². The fourth-order valence-corrected chi connectivity index (χ4v) is 4.84. The van der Waals surface area contributed by atoms with E-state index in [1.54, 1.807) is 36.4 Å². The van der Waals surface area contributed by atoms with E-state index in [-0.39, 0.29) is 34.1 Å². The molecule has 0 aliphatic carbocycles. The quantitative estimate of drug-likeness (QED) is 0.235. The molecule has 0 bridgehead atoms.